The number of benzene rings is 2. The van der Waals surface area contributed by atoms with Gasteiger partial charge in [0.1, 0.15) is 6.61 Å². The summed E-state index contributed by atoms with van der Waals surface area (Å²) in [7, 11) is 0. The first-order valence-corrected chi connectivity index (χ1v) is 13.6. The fourth-order valence-electron chi connectivity index (χ4n) is 4.34. The van der Waals surface area contributed by atoms with Crippen LogP contribution in [0.25, 0.3) is 0 Å². The maximum absolute atomic E-state index is 12.2. The number of unbranched alkanes of at least 4 members (excludes halogenated alkanes) is 1. The molecule has 0 radical (unpaired) electrons. The second-order valence-electron chi connectivity index (χ2n) is 9.45. The molecule has 5 heteroatoms. The summed E-state index contributed by atoms with van der Waals surface area (Å²) in [5.41, 5.74) is 5.63. The molecule has 0 bridgehead atoms. The summed E-state index contributed by atoms with van der Waals surface area (Å²) in [5, 5.41) is 3.77. The van der Waals surface area contributed by atoms with E-state index in [1.54, 1.807) is 0 Å². The van der Waals surface area contributed by atoms with Crippen LogP contribution in [0.4, 0.5) is 5.69 Å². The van der Waals surface area contributed by atoms with E-state index < -0.39 is 0 Å². The monoisotopic (exact) mass is 509 g/mol. The van der Waals surface area contributed by atoms with Gasteiger partial charge < -0.3 is 14.8 Å². The van der Waals surface area contributed by atoms with E-state index in [0.29, 0.717) is 36.7 Å². The lowest BCUT2D eigenvalue weighted by molar-refractivity contribution is -0.139. The number of hydrogen-bond donors (Lipinski definition) is 1. The highest BCUT2D eigenvalue weighted by Gasteiger charge is 2.34. The van der Waals surface area contributed by atoms with Crippen molar-refractivity contribution < 1.29 is 19.1 Å². The van der Waals surface area contributed by atoms with Crippen LogP contribution in [0.15, 0.2) is 55.1 Å². The molecule has 1 aliphatic rings. The van der Waals surface area contributed by atoms with Gasteiger partial charge in [0.05, 0.1) is 18.2 Å². The van der Waals surface area contributed by atoms with E-state index in [0.717, 1.165) is 5.69 Å². The molecule has 3 rings (SSSR count). The quantitative estimate of drug-likeness (QED) is 0.286. The van der Waals surface area contributed by atoms with E-state index in [4.69, 9.17) is 4.74 Å². The Morgan fingerprint density at radius 1 is 1.03 bits per heavy atom. The molecule has 0 saturated heterocycles. The Bertz CT molecular complexity index is 967. The van der Waals surface area contributed by atoms with E-state index in [-0.39, 0.29) is 11.9 Å². The molecule has 2 aromatic carbocycles. The minimum atomic E-state index is -0.264. The highest BCUT2D eigenvalue weighted by molar-refractivity contribution is 5.90. The molecule has 0 aliphatic carbocycles. The van der Waals surface area contributed by atoms with Crippen LogP contribution >= 0.6 is 0 Å². The van der Waals surface area contributed by atoms with Crippen LogP contribution in [0, 0.1) is 12.8 Å². The molecule has 0 amide bonds. The van der Waals surface area contributed by atoms with Gasteiger partial charge in [-0.3, -0.25) is 4.79 Å². The number of carbonyl (C=O) groups excluding carboxylic acids is 2. The van der Waals surface area contributed by atoms with E-state index in [1.807, 2.05) is 25.1 Å². The fraction of sp³-hybridized carbons (Fsp3) is 0.500. The Balaban J connectivity index is 0.000000584. The second kappa shape index (κ2) is 17.4. The molecule has 5 nitrogen and oxygen atoms in total. The fourth-order valence-corrected chi connectivity index (χ4v) is 4.34. The Morgan fingerprint density at radius 2 is 1.68 bits per heavy atom. The summed E-state index contributed by atoms with van der Waals surface area (Å²) in [6.45, 7) is 18.2. The van der Waals surface area contributed by atoms with Gasteiger partial charge in [0.25, 0.3) is 0 Å². The van der Waals surface area contributed by atoms with Gasteiger partial charge in [-0.1, -0.05) is 89.4 Å². The molecule has 0 saturated carbocycles. The molecule has 0 spiro atoms. The van der Waals surface area contributed by atoms with Crippen molar-refractivity contribution in [2.45, 2.75) is 86.1 Å². The molecular formula is C32H47NO4. The Hall–Kier alpha value is -3.08. The van der Waals surface area contributed by atoms with Crippen molar-refractivity contribution in [3.05, 3.63) is 77.4 Å². The standard InChI is InChI=1S/C24H31NO2.C5H8O2.C3H8/c1-5-7-8-20-17(4)21-15-19(24(26)27-6-2)13-14-22(21)25-23(20)18-11-9-16(3)10-12-18;1-3-4-7-5(2)6;1-3-2/h9-15,17,20,23,25H,5-8H2,1-4H3;3H,1,4H2,2H3;3H2,1-2H3. The van der Waals surface area contributed by atoms with Crippen LogP contribution < -0.4 is 5.32 Å². The summed E-state index contributed by atoms with van der Waals surface area (Å²) in [6.07, 6.45) is 6.36. The predicted octanol–water partition coefficient (Wildman–Crippen LogP) is 8.40. The van der Waals surface area contributed by atoms with Crippen molar-refractivity contribution in [1.82, 2.24) is 0 Å². The summed E-state index contributed by atoms with van der Waals surface area (Å²) in [5.74, 6) is 0.379. The molecule has 2 aromatic rings. The Kier molecular flexibility index (Phi) is 15.0. The van der Waals surface area contributed by atoms with Crippen molar-refractivity contribution in [2.75, 3.05) is 18.5 Å². The molecule has 3 atom stereocenters. The van der Waals surface area contributed by atoms with Crippen molar-refractivity contribution in [3.63, 3.8) is 0 Å². The Labute approximate surface area is 224 Å². The van der Waals surface area contributed by atoms with Crippen LogP contribution in [0.1, 0.15) is 106 Å². The highest BCUT2D eigenvalue weighted by Crippen LogP contribution is 2.46. The van der Waals surface area contributed by atoms with Gasteiger partial charge in [-0.25, -0.2) is 4.79 Å². The van der Waals surface area contributed by atoms with Gasteiger partial charge >= 0.3 is 11.9 Å². The molecule has 3 unspecified atom stereocenters. The maximum Gasteiger partial charge on any atom is 0.338 e. The summed E-state index contributed by atoms with van der Waals surface area (Å²) in [4.78, 5) is 22.1. The normalized spacial score (nSPS) is 17.4. The summed E-state index contributed by atoms with van der Waals surface area (Å²) < 4.78 is 9.62. The SMILES string of the molecule is C=CCOC(C)=O.CCC.CCCCC1C(C)c2cc(C(=O)OCC)ccc2NC1c1ccc(C)cc1. The molecule has 0 aromatic heterocycles. The molecule has 1 aliphatic heterocycles. The predicted molar refractivity (Wildman–Crippen MR) is 154 cm³/mol. The van der Waals surface area contributed by atoms with Crippen LogP contribution in [0.2, 0.25) is 0 Å². The lowest BCUT2D eigenvalue weighted by atomic mass is 9.73. The zero-order valence-corrected chi connectivity index (χ0v) is 23.9. The van der Waals surface area contributed by atoms with E-state index in [2.05, 4.69) is 75.5 Å². The number of aryl methyl sites for hydroxylation is 1. The number of anilines is 1. The van der Waals surface area contributed by atoms with E-state index in [9.17, 15) is 9.59 Å². The third-order valence-corrected chi connectivity index (χ3v) is 6.17. The first kappa shape index (κ1) is 31.9. The minimum Gasteiger partial charge on any atom is -0.462 e. The van der Waals surface area contributed by atoms with Crippen LogP contribution in [-0.2, 0) is 14.3 Å². The van der Waals surface area contributed by atoms with E-state index >= 15 is 0 Å². The number of rotatable bonds is 8. The number of carbonyl (C=O) groups is 2. The third kappa shape index (κ3) is 10.4. The largest absolute Gasteiger partial charge is 0.462 e. The van der Waals surface area contributed by atoms with Gasteiger partial charge in [-0.15, -0.1) is 0 Å². The lowest BCUT2D eigenvalue weighted by Gasteiger charge is -2.40. The number of esters is 2. The van der Waals surface area contributed by atoms with Gasteiger partial charge in [0, 0.05) is 12.6 Å². The summed E-state index contributed by atoms with van der Waals surface area (Å²) >= 11 is 0. The number of fused-ring (bicyclic) bond motifs is 1. The van der Waals surface area contributed by atoms with Crippen LogP contribution in [0.3, 0.4) is 0 Å². The highest BCUT2D eigenvalue weighted by atomic mass is 16.5. The van der Waals surface area contributed by atoms with Crippen molar-refractivity contribution in [2.24, 2.45) is 5.92 Å². The van der Waals surface area contributed by atoms with Gasteiger partial charge in [-0.05, 0) is 61.4 Å². The van der Waals surface area contributed by atoms with Crippen molar-refractivity contribution >= 4 is 17.6 Å². The molecule has 37 heavy (non-hydrogen) atoms. The number of ether oxygens (including phenoxy) is 2. The molecule has 0 fully saturated rings. The molecule has 1 heterocycles. The smallest absolute Gasteiger partial charge is 0.338 e. The summed E-state index contributed by atoms with van der Waals surface area (Å²) in [6, 6.07) is 15.1. The topological polar surface area (TPSA) is 64.6 Å². The minimum absolute atomic E-state index is 0.238. The average molecular weight is 510 g/mol. The number of nitrogens with one attached hydrogen (secondary N) is 1. The third-order valence-electron chi connectivity index (χ3n) is 6.17. The number of hydrogen-bond acceptors (Lipinski definition) is 5. The first-order valence-electron chi connectivity index (χ1n) is 13.6. The van der Waals surface area contributed by atoms with Crippen molar-refractivity contribution in [3.8, 4) is 0 Å². The average Bonchev–Trinajstić information content (AvgIpc) is 2.88. The van der Waals surface area contributed by atoms with Gasteiger partial charge in [0.2, 0.25) is 0 Å². The van der Waals surface area contributed by atoms with E-state index in [1.165, 1.54) is 55.4 Å². The molecule has 204 valence electrons. The second-order valence-corrected chi connectivity index (χ2v) is 9.45. The molecule has 1 N–H and O–H groups in total. The Morgan fingerprint density at radius 3 is 2.19 bits per heavy atom. The van der Waals surface area contributed by atoms with Gasteiger partial charge in [0.15, 0.2) is 0 Å². The first-order chi connectivity index (χ1) is 17.7. The lowest BCUT2D eigenvalue weighted by Crippen LogP contribution is -2.31. The zero-order chi connectivity index (χ0) is 27.8. The van der Waals surface area contributed by atoms with Crippen LogP contribution in [-0.4, -0.2) is 25.2 Å². The molecular weight excluding hydrogens is 462 g/mol. The zero-order valence-electron chi connectivity index (χ0n) is 23.9. The maximum atomic E-state index is 12.2. The van der Waals surface area contributed by atoms with Crippen molar-refractivity contribution in [1.29, 1.82) is 0 Å². The van der Waals surface area contributed by atoms with Gasteiger partial charge in [-0.2, -0.15) is 0 Å². The van der Waals surface area contributed by atoms with Crippen LogP contribution in [0.5, 0.6) is 0 Å².